The first-order valence-electron chi connectivity index (χ1n) is 6.49. The van der Waals surface area contributed by atoms with Gasteiger partial charge in [0.2, 0.25) is 0 Å². The van der Waals surface area contributed by atoms with Gasteiger partial charge in [-0.25, -0.2) is 4.39 Å². The third-order valence-corrected chi connectivity index (χ3v) is 5.00. The van der Waals surface area contributed by atoms with Crippen LogP contribution in [0, 0.1) is 5.82 Å². The van der Waals surface area contributed by atoms with Crippen molar-refractivity contribution in [1.29, 1.82) is 0 Å². The molecule has 0 radical (unpaired) electrons. The van der Waals surface area contributed by atoms with E-state index in [1.165, 1.54) is 31.1 Å². The first kappa shape index (κ1) is 14.2. The number of benzene rings is 1. The van der Waals surface area contributed by atoms with Crippen LogP contribution >= 0.6 is 23.4 Å². The molecular weight excluding hydrogens is 269 g/mol. The van der Waals surface area contributed by atoms with E-state index in [-0.39, 0.29) is 10.8 Å². The molecule has 0 saturated heterocycles. The van der Waals surface area contributed by atoms with Crippen LogP contribution in [0.25, 0.3) is 0 Å². The molecule has 0 spiro atoms. The van der Waals surface area contributed by atoms with Crippen molar-refractivity contribution < 1.29 is 4.39 Å². The lowest BCUT2D eigenvalue weighted by Crippen LogP contribution is -2.33. The standard InChI is InChI=1S/C14H19ClFNS/c1-2-18-14-5-3-4-13(14)17-9-10-6-7-12(16)11(15)8-10/h6-8,13-14,17H,2-5,9H2,1H3. The molecule has 1 N–H and O–H groups in total. The minimum Gasteiger partial charge on any atom is -0.309 e. The van der Waals surface area contributed by atoms with E-state index in [0.29, 0.717) is 6.04 Å². The molecule has 1 aromatic rings. The topological polar surface area (TPSA) is 12.0 Å². The number of nitrogens with one attached hydrogen (secondary N) is 1. The van der Waals surface area contributed by atoms with Gasteiger partial charge in [-0.05, 0) is 36.3 Å². The Kier molecular flexibility index (Phi) is 5.34. The highest BCUT2D eigenvalue weighted by Gasteiger charge is 2.26. The highest BCUT2D eigenvalue weighted by atomic mass is 35.5. The van der Waals surface area contributed by atoms with E-state index < -0.39 is 0 Å². The van der Waals surface area contributed by atoms with Gasteiger partial charge in [-0.3, -0.25) is 0 Å². The SMILES string of the molecule is CCSC1CCCC1NCc1ccc(F)c(Cl)c1. The van der Waals surface area contributed by atoms with E-state index in [0.717, 1.165) is 17.4 Å². The molecule has 1 aliphatic carbocycles. The maximum Gasteiger partial charge on any atom is 0.141 e. The highest BCUT2D eigenvalue weighted by Crippen LogP contribution is 2.30. The van der Waals surface area contributed by atoms with Crippen molar-refractivity contribution in [3.05, 3.63) is 34.6 Å². The third-order valence-electron chi connectivity index (χ3n) is 3.39. The molecule has 2 atom stereocenters. The zero-order chi connectivity index (χ0) is 13.0. The quantitative estimate of drug-likeness (QED) is 0.869. The van der Waals surface area contributed by atoms with Crippen LogP contribution in [0.5, 0.6) is 0 Å². The van der Waals surface area contributed by atoms with Crippen molar-refractivity contribution in [2.45, 2.75) is 44.0 Å². The summed E-state index contributed by atoms with van der Waals surface area (Å²) in [5.74, 6) is 0.825. The Morgan fingerprint density at radius 2 is 2.28 bits per heavy atom. The molecule has 1 nitrogen and oxygen atoms in total. The van der Waals surface area contributed by atoms with Crippen LogP contribution in [0.3, 0.4) is 0 Å². The lowest BCUT2D eigenvalue weighted by Gasteiger charge is -2.20. The zero-order valence-electron chi connectivity index (χ0n) is 10.6. The summed E-state index contributed by atoms with van der Waals surface area (Å²) in [6, 6.07) is 5.52. The van der Waals surface area contributed by atoms with Gasteiger partial charge in [-0.1, -0.05) is 31.0 Å². The van der Waals surface area contributed by atoms with Gasteiger partial charge in [0.1, 0.15) is 5.82 Å². The summed E-state index contributed by atoms with van der Waals surface area (Å²) >= 11 is 7.82. The van der Waals surface area contributed by atoms with Gasteiger partial charge in [0.25, 0.3) is 0 Å². The monoisotopic (exact) mass is 287 g/mol. The van der Waals surface area contributed by atoms with E-state index in [2.05, 4.69) is 12.2 Å². The molecule has 1 aromatic carbocycles. The zero-order valence-corrected chi connectivity index (χ0v) is 12.2. The first-order chi connectivity index (χ1) is 8.70. The van der Waals surface area contributed by atoms with Crippen LogP contribution in [-0.4, -0.2) is 17.0 Å². The first-order valence-corrected chi connectivity index (χ1v) is 7.92. The normalized spacial score (nSPS) is 23.5. The van der Waals surface area contributed by atoms with E-state index >= 15 is 0 Å². The summed E-state index contributed by atoms with van der Waals surface area (Å²) in [7, 11) is 0. The molecule has 18 heavy (non-hydrogen) atoms. The lowest BCUT2D eigenvalue weighted by atomic mass is 10.2. The molecule has 4 heteroatoms. The second kappa shape index (κ2) is 6.78. The molecule has 0 amide bonds. The summed E-state index contributed by atoms with van der Waals surface area (Å²) in [5, 5.41) is 4.51. The van der Waals surface area contributed by atoms with Crippen molar-refractivity contribution >= 4 is 23.4 Å². The minimum absolute atomic E-state index is 0.209. The maximum atomic E-state index is 13.0. The molecule has 0 heterocycles. The largest absolute Gasteiger partial charge is 0.309 e. The molecule has 0 aromatic heterocycles. The number of hydrogen-bond acceptors (Lipinski definition) is 2. The van der Waals surface area contributed by atoms with E-state index in [9.17, 15) is 4.39 Å². The molecule has 0 bridgehead atoms. The van der Waals surface area contributed by atoms with E-state index in [1.54, 1.807) is 12.1 Å². The molecule has 1 aliphatic rings. The van der Waals surface area contributed by atoms with Gasteiger partial charge in [-0.2, -0.15) is 11.8 Å². The van der Waals surface area contributed by atoms with Crippen LogP contribution < -0.4 is 5.32 Å². The predicted molar refractivity (Wildman–Crippen MR) is 77.8 cm³/mol. The third kappa shape index (κ3) is 3.62. The fourth-order valence-corrected chi connectivity index (χ4v) is 3.90. The van der Waals surface area contributed by atoms with Gasteiger partial charge < -0.3 is 5.32 Å². The Morgan fingerprint density at radius 1 is 1.44 bits per heavy atom. The minimum atomic E-state index is -0.347. The van der Waals surface area contributed by atoms with Gasteiger partial charge >= 0.3 is 0 Å². The Balaban J connectivity index is 1.88. The van der Waals surface area contributed by atoms with E-state index in [1.807, 2.05) is 11.8 Å². The number of halogens is 2. The predicted octanol–water partition coefficient (Wildman–Crippen LogP) is 4.24. The fourth-order valence-electron chi connectivity index (χ4n) is 2.47. The van der Waals surface area contributed by atoms with Gasteiger partial charge in [0, 0.05) is 17.8 Å². The van der Waals surface area contributed by atoms with E-state index in [4.69, 9.17) is 11.6 Å². The summed E-state index contributed by atoms with van der Waals surface area (Å²) in [5.41, 5.74) is 1.05. The fraction of sp³-hybridized carbons (Fsp3) is 0.571. The number of rotatable bonds is 5. The average molecular weight is 288 g/mol. The number of thioether (sulfide) groups is 1. The highest BCUT2D eigenvalue weighted by molar-refractivity contribution is 7.99. The molecule has 1 fully saturated rings. The lowest BCUT2D eigenvalue weighted by molar-refractivity contribution is 0.531. The molecule has 1 saturated carbocycles. The maximum absolute atomic E-state index is 13.0. The number of hydrogen-bond donors (Lipinski definition) is 1. The van der Waals surface area contributed by atoms with Crippen molar-refractivity contribution in [1.82, 2.24) is 5.32 Å². The van der Waals surface area contributed by atoms with Crippen LogP contribution in [0.4, 0.5) is 4.39 Å². The van der Waals surface area contributed by atoms with Crippen LogP contribution in [-0.2, 0) is 6.54 Å². The molecule has 100 valence electrons. The summed E-state index contributed by atoms with van der Waals surface area (Å²) in [6.45, 7) is 2.98. The van der Waals surface area contributed by atoms with Gasteiger partial charge in [0.05, 0.1) is 5.02 Å². The Labute approximate surface area is 117 Å². The van der Waals surface area contributed by atoms with Crippen LogP contribution in [0.15, 0.2) is 18.2 Å². The molecule has 2 rings (SSSR count). The Bertz CT molecular complexity index is 399. The van der Waals surface area contributed by atoms with Crippen molar-refractivity contribution in [2.75, 3.05) is 5.75 Å². The average Bonchev–Trinajstić information content (AvgIpc) is 2.79. The summed E-state index contributed by atoms with van der Waals surface area (Å²) < 4.78 is 13.0. The van der Waals surface area contributed by atoms with Gasteiger partial charge in [0.15, 0.2) is 0 Å². The van der Waals surface area contributed by atoms with Crippen molar-refractivity contribution in [2.24, 2.45) is 0 Å². The Hall–Kier alpha value is -0.250. The van der Waals surface area contributed by atoms with Gasteiger partial charge in [-0.15, -0.1) is 0 Å². The van der Waals surface area contributed by atoms with Crippen LogP contribution in [0.2, 0.25) is 5.02 Å². The smallest absolute Gasteiger partial charge is 0.141 e. The Morgan fingerprint density at radius 3 is 3.00 bits per heavy atom. The summed E-state index contributed by atoms with van der Waals surface area (Å²) in [4.78, 5) is 0. The molecule has 2 unspecified atom stereocenters. The van der Waals surface area contributed by atoms with Crippen molar-refractivity contribution in [3.8, 4) is 0 Å². The van der Waals surface area contributed by atoms with Crippen molar-refractivity contribution in [3.63, 3.8) is 0 Å². The second-order valence-electron chi connectivity index (χ2n) is 4.66. The summed E-state index contributed by atoms with van der Waals surface area (Å²) in [6.07, 6.45) is 3.85. The van der Waals surface area contributed by atoms with Crippen LogP contribution in [0.1, 0.15) is 31.7 Å². The molecular formula is C14H19ClFNS. The second-order valence-corrected chi connectivity index (χ2v) is 6.58. The molecule has 0 aliphatic heterocycles.